The van der Waals surface area contributed by atoms with Gasteiger partial charge in [0.1, 0.15) is 0 Å². The van der Waals surface area contributed by atoms with Crippen LogP contribution < -0.4 is 0 Å². The van der Waals surface area contributed by atoms with Crippen LogP contribution in [0.5, 0.6) is 0 Å². The van der Waals surface area contributed by atoms with E-state index < -0.39 is 26.1 Å². The predicted molar refractivity (Wildman–Crippen MR) is 121 cm³/mol. The van der Waals surface area contributed by atoms with Crippen LogP contribution in [-0.2, 0) is 9.13 Å². The molecular formula is C16H36N2Na2O8P2. The van der Waals surface area contributed by atoms with E-state index in [0.717, 1.165) is 64.2 Å². The molecule has 0 heterocycles. The summed E-state index contributed by atoms with van der Waals surface area (Å²) in [7, 11) is -8.85. The van der Waals surface area contributed by atoms with Gasteiger partial charge in [-0.3, -0.25) is 9.13 Å². The first-order valence-electron chi connectivity index (χ1n) is 9.67. The van der Waals surface area contributed by atoms with Crippen molar-refractivity contribution in [2.45, 2.75) is 89.9 Å². The summed E-state index contributed by atoms with van der Waals surface area (Å²) >= 11 is 0. The molecule has 0 atom stereocenters. The molecule has 0 spiro atoms. The molecule has 0 aromatic rings. The Morgan fingerprint density at radius 3 is 0.867 bits per heavy atom. The fourth-order valence-electron chi connectivity index (χ4n) is 2.84. The van der Waals surface area contributed by atoms with Crippen LogP contribution in [0.25, 0.3) is 0 Å². The SMILES string of the molecule is O=P(O)(O)/C(CCCCCCCCCCCCCC/C(=N/O)P(=O)(O)O)=N\O.[NaH].[NaH]. The minimum absolute atomic E-state index is 0. The normalized spacial score (nSPS) is 12.9. The maximum atomic E-state index is 11.0. The topological polar surface area (TPSA) is 180 Å². The van der Waals surface area contributed by atoms with Gasteiger partial charge in [-0.1, -0.05) is 74.5 Å². The van der Waals surface area contributed by atoms with Crippen molar-refractivity contribution in [2.24, 2.45) is 10.3 Å². The Balaban J connectivity index is -0.00000364. The van der Waals surface area contributed by atoms with Crippen LogP contribution in [0.15, 0.2) is 10.3 Å². The number of unbranched alkanes of at least 4 members (excludes halogenated alkanes) is 11. The Bertz CT molecular complexity index is 532. The third-order valence-electron chi connectivity index (χ3n) is 4.45. The summed E-state index contributed by atoms with van der Waals surface area (Å²) in [5.41, 5.74) is -0.900. The average molecular weight is 492 g/mol. The van der Waals surface area contributed by atoms with Crippen molar-refractivity contribution in [2.75, 3.05) is 0 Å². The molecule has 0 unspecified atom stereocenters. The molecule has 0 aromatic carbocycles. The first-order valence-corrected chi connectivity index (χ1v) is 12.9. The number of rotatable bonds is 17. The van der Waals surface area contributed by atoms with Gasteiger partial charge in [-0.25, -0.2) is 0 Å². The van der Waals surface area contributed by atoms with Gasteiger partial charge < -0.3 is 30.0 Å². The van der Waals surface area contributed by atoms with Gasteiger partial charge >= 0.3 is 74.3 Å². The second-order valence-electron chi connectivity index (χ2n) is 6.86. The van der Waals surface area contributed by atoms with Crippen molar-refractivity contribution in [3.05, 3.63) is 0 Å². The molecule has 0 fully saturated rings. The third kappa shape index (κ3) is 19.9. The summed E-state index contributed by atoms with van der Waals surface area (Å²) in [4.78, 5) is 35.6. The molecule has 6 N–H and O–H groups in total. The molecule has 0 bridgehead atoms. The van der Waals surface area contributed by atoms with E-state index in [1.807, 2.05) is 0 Å². The Kier molecular flexibility index (Phi) is 24.9. The van der Waals surface area contributed by atoms with Crippen LogP contribution >= 0.6 is 15.2 Å². The van der Waals surface area contributed by atoms with Crippen molar-refractivity contribution in [3.63, 3.8) is 0 Å². The monoisotopic (exact) mass is 492 g/mol. The fraction of sp³-hybridized carbons (Fsp3) is 0.875. The van der Waals surface area contributed by atoms with Gasteiger partial charge in [0.25, 0.3) is 0 Å². The molecule has 10 nitrogen and oxygen atoms in total. The fourth-order valence-corrected chi connectivity index (χ4v) is 3.97. The summed E-state index contributed by atoms with van der Waals surface area (Å²) in [6, 6.07) is 0. The average Bonchev–Trinajstić information content (AvgIpc) is 2.59. The number of hydrogen-bond acceptors (Lipinski definition) is 6. The van der Waals surface area contributed by atoms with Crippen LogP contribution in [0.3, 0.4) is 0 Å². The van der Waals surface area contributed by atoms with Crippen molar-refractivity contribution < 1.29 is 39.1 Å². The summed E-state index contributed by atoms with van der Waals surface area (Å²) in [6.45, 7) is 0. The second kappa shape index (κ2) is 20.8. The standard InChI is InChI=1S/C16H34N2O8P2.2Na.2H/c19-17-15(27(21,22)23)13-11-9-7-5-3-1-2-4-6-8-10-12-14-16(18-20)28(24,25)26;;;;/h19-20H,1-14H2,(H2,21,22,23)(H2,24,25,26);;;;/b17-15-,18-16-;;;;. The predicted octanol–water partition coefficient (Wildman–Crippen LogP) is 3.08. The van der Waals surface area contributed by atoms with E-state index in [1.165, 1.54) is 0 Å². The molecular weight excluding hydrogens is 456 g/mol. The summed E-state index contributed by atoms with van der Waals surface area (Å²) < 4.78 is 21.9. The Morgan fingerprint density at radius 1 is 0.500 bits per heavy atom. The molecule has 14 heteroatoms. The van der Waals surface area contributed by atoms with E-state index in [2.05, 4.69) is 10.3 Å². The van der Waals surface area contributed by atoms with Crippen molar-refractivity contribution in [3.8, 4) is 0 Å². The summed E-state index contributed by atoms with van der Waals surface area (Å²) in [5, 5.41) is 22.5. The molecule has 30 heavy (non-hydrogen) atoms. The molecule has 0 aromatic heterocycles. The van der Waals surface area contributed by atoms with Crippen molar-refractivity contribution >= 4 is 85.2 Å². The van der Waals surface area contributed by atoms with E-state index in [-0.39, 0.29) is 72.0 Å². The molecule has 0 aliphatic rings. The number of hydrogen-bond donors (Lipinski definition) is 6. The minimum atomic E-state index is -4.43. The van der Waals surface area contributed by atoms with Crippen molar-refractivity contribution in [1.82, 2.24) is 0 Å². The molecule has 0 radical (unpaired) electrons. The van der Waals surface area contributed by atoms with Crippen LogP contribution in [0, 0.1) is 0 Å². The first kappa shape index (κ1) is 35.8. The van der Waals surface area contributed by atoms with E-state index in [9.17, 15) is 9.13 Å². The van der Waals surface area contributed by atoms with Crippen LogP contribution in [0.1, 0.15) is 89.9 Å². The molecule has 0 aliphatic carbocycles. The van der Waals surface area contributed by atoms with Crippen LogP contribution in [0.4, 0.5) is 0 Å². The molecule has 0 aliphatic heterocycles. The summed E-state index contributed by atoms with van der Waals surface area (Å²) in [5.74, 6) is 0. The van der Waals surface area contributed by atoms with E-state index in [1.54, 1.807) is 0 Å². The Morgan fingerprint density at radius 2 is 0.700 bits per heavy atom. The third-order valence-corrected chi connectivity index (χ3v) is 6.43. The van der Waals surface area contributed by atoms with Gasteiger partial charge in [-0.05, 0) is 12.8 Å². The maximum absolute atomic E-state index is 11.0. The zero-order valence-electron chi connectivity index (χ0n) is 16.2. The Hall–Kier alpha value is 1.24. The second-order valence-corrected chi connectivity index (χ2v) is 10.1. The molecule has 0 saturated carbocycles. The molecule has 0 saturated heterocycles. The van der Waals surface area contributed by atoms with Crippen molar-refractivity contribution in [1.29, 1.82) is 0 Å². The van der Waals surface area contributed by atoms with E-state index in [0.29, 0.717) is 12.8 Å². The van der Waals surface area contributed by atoms with Gasteiger partial charge in [0.05, 0.1) is 0 Å². The zero-order chi connectivity index (χ0) is 21.5. The van der Waals surface area contributed by atoms with Gasteiger partial charge in [-0.15, -0.1) is 0 Å². The van der Waals surface area contributed by atoms with Crippen LogP contribution in [0.2, 0.25) is 0 Å². The number of oxime groups is 2. The van der Waals surface area contributed by atoms with Gasteiger partial charge in [0.2, 0.25) is 0 Å². The Labute approximate surface area is 222 Å². The number of nitrogens with zero attached hydrogens (tertiary/aromatic N) is 2. The van der Waals surface area contributed by atoms with E-state index in [4.69, 9.17) is 30.0 Å². The first-order chi connectivity index (χ1) is 13.1. The van der Waals surface area contributed by atoms with Crippen LogP contribution in [-0.4, -0.2) is 100 Å². The quantitative estimate of drug-likeness (QED) is 0.0447. The van der Waals surface area contributed by atoms with Gasteiger partial charge in [-0.2, -0.15) is 0 Å². The molecule has 170 valence electrons. The molecule has 0 amide bonds. The van der Waals surface area contributed by atoms with Gasteiger partial charge in [0.15, 0.2) is 10.9 Å². The molecule has 0 rings (SSSR count). The zero-order valence-corrected chi connectivity index (χ0v) is 18.0. The van der Waals surface area contributed by atoms with Gasteiger partial charge in [0, 0.05) is 12.8 Å². The van der Waals surface area contributed by atoms with E-state index >= 15 is 0 Å². The summed E-state index contributed by atoms with van der Waals surface area (Å²) in [6.07, 6.45) is 11.7.